The van der Waals surface area contributed by atoms with E-state index < -0.39 is 0 Å². The van der Waals surface area contributed by atoms with Gasteiger partial charge in [0.1, 0.15) is 0 Å². The lowest BCUT2D eigenvalue weighted by molar-refractivity contribution is 0.612. The first-order chi connectivity index (χ1) is 7.83. The van der Waals surface area contributed by atoms with Gasteiger partial charge in [-0.25, -0.2) is 0 Å². The molecule has 0 radical (unpaired) electrons. The van der Waals surface area contributed by atoms with E-state index >= 15 is 0 Å². The lowest BCUT2D eigenvalue weighted by Gasteiger charge is -2.16. The molecule has 1 nitrogen and oxygen atoms in total. The Bertz CT molecular complexity index is 422. The van der Waals surface area contributed by atoms with Gasteiger partial charge in [0.15, 0.2) is 0 Å². The summed E-state index contributed by atoms with van der Waals surface area (Å²) in [4.78, 5) is 2.76. The standard InChI is InChI=1S/C12H14BrNS2/c1-2-6-14-11(10-4-3-7-15-10)12-9(13)5-8-16-12/h3-5,7-8,11,14H,2,6H2,1H3. The van der Waals surface area contributed by atoms with Crippen molar-refractivity contribution in [2.45, 2.75) is 19.4 Å². The first-order valence-corrected chi connectivity index (χ1v) is 7.87. The van der Waals surface area contributed by atoms with Crippen LogP contribution in [-0.2, 0) is 0 Å². The molecular formula is C12H14BrNS2. The largest absolute Gasteiger partial charge is 0.305 e. The van der Waals surface area contributed by atoms with Crippen molar-refractivity contribution in [3.8, 4) is 0 Å². The Morgan fingerprint density at radius 1 is 1.31 bits per heavy atom. The molecule has 4 heteroatoms. The zero-order chi connectivity index (χ0) is 11.4. The molecule has 0 spiro atoms. The van der Waals surface area contributed by atoms with Crippen molar-refractivity contribution in [1.29, 1.82) is 0 Å². The maximum Gasteiger partial charge on any atom is 0.0776 e. The summed E-state index contributed by atoms with van der Waals surface area (Å²) in [5.74, 6) is 0. The minimum Gasteiger partial charge on any atom is -0.305 e. The predicted molar refractivity (Wildman–Crippen MR) is 76.5 cm³/mol. The maximum absolute atomic E-state index is 3.62. The van der Waals surface area contributed by atoms with E-state index in [2.05, 4.69) is 57.1 Å². The highest BCUT2D eigenvalue weighted by Crippen LogP contribution is 2.34. The lowest BCUT2D eigenvalue weighted by Crippen LogP contribution is -2.21. The van der Waals surface area contributed by atoms with Gasteiger partial charge in [0.2, 0.25) is 0 Å². The molecule has 2 aromatic heterocycles. The van der Waals surface area contributed by atoms with Crippen molar-refractivity contribution in [1.82, 2.24) is 5.32 Å². The van der Waals surface area contributed by atoms with Gasteiger partial charge in [-0.2, -0.15) is 0 Å². The van der Waals surface area contributed by atoms with Gasteiger partial charge >= 0.3 is 0 Å². The van der Waals surface area contributed by atoms with Crippen LogP contribution in [0.15, 0.2) is 33.4 Å². The summed E-state index contributed by atoms with van der Waals surface area (Å²) in [6.07, 6.45) is 1.16. The van der Waals surface area contributed by atoms with Gasteiger partial charge in [-0.1, -0.05) is 13.0 Å². The third kappa shape index (κ3) is 2.74. The zero-order valence-electron chi connectivity index (χ0n) is 9.07. The average Bonchev–Trinajstić information content (AvgIpc) is 2.91. The Labute approximate surface area is 113 Å². The molecule has 0 bridgehead atoms. The molecule has 1 atom stereocenters. The fourth-order valence-corrected chi connectivity index (χ4v) is 4.16. The van der Waals surface area contributed by atoms with Gasteiger partial charge in [0, 0.05) is 14.2 Å². The van der Waals surface area contributed by atoms with Crippen LogP contribution >= 0.6 is 38.6 Å². The number of nitrogens with one attached hydrogen (secondary N) is 1. The van der Waals surface area contributed by atoms with Crippen molar-refractivity contribution < 1.29 is 0 Å². The van der Waals surface area contributed by atoms with E-state index in [4.69, 9.17) is 0 Å². The van der Waals surface area contributed by atoms with E-state index in [9.17, 15) is 0 Å². The molecule has 2 aromatic rings. The first kappa shape index (κ1) is 12.3. The molecule has 0 saturated heterocycles. The summed E-state index contributed by atoms with van der Waals surface area (Å²) in [7, 11) is 0. The van der Waals surface area contributed by atoms with E-state index in [0.717, 1.165) is 13.0 Å². The molecule has 0 aliphatic heterocycles. The SMILES string of the molecule is CCCNC(c1cccs1)c1sccc1Br. The summed E-state index contributed by atoms with van der Waals surface area (Å²) < 4.78 is 1.21. The number of hydrogen-bond acceptors (Lipinski definition) is 3. The Hall–Kier alpha value is -0.160. The molecule has 0 amide bonds. The number of rotatable bonds is 5. The van der Waals surface area contributed by atoms with Crippen LogP contribution in [0, 0.1) is 0 Å². The summed E-state index contributed by atoms with van der Waals surface area (Å²) in [6.45, 7) is 3.24. The van der Waals surface area contributed by atoms with Crippen LogP contribution in [-0.4, -0.2) is 6.54 Å². The van der Waals surface area contributed by atoms with Gasteiger partial charge in [-0.05, 0) is 51.8 Å². The maximum atomic E-state index is 3.62. The Morgan fingerprint density at radius 3 is 2.75 bits per heavy atom. The minimum atomic E-state index is 0.342. The molecule has 1 N–H and O–H groups in total. The summed E-state index contributed by atoms with van der Waals surface area (Å²) >= 11 is 7.23. The van der Waals surface area contributed by atoms with Crippen LogP contribution in [0.3, 0.4) is 0 Å². The van der Waals surface area contributed by atoms with E-state index in [1.54, 1.807) is 11.3 Å². The highest BCUT2D eigenvalue weighted by atomic mass is 79.9. The highest BCUT2D eigenvalue weighted by molar-refractivity contribution is 9.10. The minimum absolute atomic E-state index is 0.342. The van der Waals surface area contributed by atoms with Crippen LogP contribution in [0.1, 0.15) is 29.1 Å². The second-order valence-corrected chi connectivity index (χ2v) is 6.32. The van der Waals surface area contributed by atoms with Crippen molar-refractivity contribution in [3.63, 3.8) is 0 Å². The molecule has 0 fully saturated rings. The Balaban J connectivity index is 2.25. The topological polar surface area (TPSA) is 12.0 Å². The van der Waals surface area contributed by atoms with Gasteiger partial charge < -0.3 is 5.32 Å². The number of halogens is 1. The van der Waals surface area contributed by atoms with Gasteiger partial charge in [-0.3, -0.25) is 0 Å². The Kier molecular flexibility index (Phi) is 4.58. The molecule has 16 heavy (non-hydrogen) atoms. The number of hydrogen-bond donors (Lipinski definition) is 1. The third-order valence-electron chi connectivity index (χ3n) is 2.33. The normalized spacial score (nSPS) is 12.9. The van der Waals surface area contributed by atoms with Gasteiger partial charge in [-0.15, -0.1) is 22.7 Å². The number of thiophene rings is 2. The molecular weight excluding hydrogens is 302 g/mol. The van der Waals surface area contributed by atoms with Crippen LogP contribution < -0.4 is 5.32 Å². The third-order valence-corrected chi connectivity index (χ3v) is 5.21. The zero-order valence-corrected chi connectivity index (χ0v) is 12.3. The molecule has 2 rings (SSSR count). The summed E-state index contributed by atoms with van der Waals surface area (Å²) in [6, 6.07) is 6.77. The fourth-order valence-electron chi connectivity index (χ4n) is 1.58. The molecule has 0 aliphatic carbocycles. The van der Waals surface area contributed by atoms with E-state index in [-0.39, 0.29) is 0 Å². The molecule has 1 unspecified atom stereocenters. The van der Waals surface area contributed by atoms with Crippen molar-refractivity contribution in [2.24, 2.45) is 0 Å². The molecule has 86 valence electrons. The predicted octanol–water partition coefficient (Wildman–Crippen LogP) is 4.66. The molecule has 0 saturated carbocycles. The lowest BCUT2D eigenvalue weighted by atomic mass is 10.2. The van der Waals surface area contributed by atoms with E-state index in [1.807, 2.05) is 11.3 Å². The molecule has 0 aliphatic rings. The second kappa shape index (κ2) is 5.96. The van der Waals surface area contributed by atoms with Gasteiger partial charge in [0.05, 0.1) is 6.04 Å². The van der Waals surface area contributed by atoms with E-state index in [0.29, 0.717) is 6.04 Å². The van der Waals surface area contributed by atoms with E-state index in [1.165, 1.54) is 14.2 Å². The monoisotopic (exact) mass is 315 g/mol. The first-order valence-electron chi connectivity index (χ1n) is 5.32. The van der Waals surface area contributed by atoms with Crippen molar-refractivity contribution >= 4 is 38.6 Å². The van der Waals surface area contributed by atoms with Crippen LogP contribution in [0.2, 0.25) is 0 Å². The van der Waals surface area contributed by atoms with Gasteiger partial charge in [0.25, 0.3) is 0 Å². The van der Waals surface area contributed by atoms with Crippen LogP contribution in [0.5, 0.6) is 0 Å². The van der Waals surface area contributed by atoms with Crippen LogP contribution in [0.4, 0.5) is 0 Å². The highest BCUT2D eigenvalue weighted by Gasteiger charge is 2.17. The fraction of sp³-hybridized carbons (Fsp3) is 0.333. The molecule has 2 heterocycles. The van der Waals surface area contributed by atoms with Crippen LogP contribution in [0.25, 0.3) is 0 Å². The quantitative estimate of drug-likeness (QED) is 0.846. The van der Waals surface area contributed by atoms with Crippen molar-refractivity contribution in [3.05, 3.63) is 43.2 Å². The summed E-state index contributed by atoms with van der Waals surface area (Å²) in [5, 5.41) is 7.87. The average molecular weight is 316 g/mol. The van der Waals surface area contributed by atoms with Crippen molar-refractivity contribution in [2.75, 3.05) is 6.54 Å². The molecule has 0 aromatic carbocycles. The smallest absolute Gasteiger partial charge is 0.0776 e. The second-order valence-electron chi connectivity index (χ2n) is 3.54. The Morgan fingerprint density at radius 2 is 2.19 bits per heavy atom. The summed E-state index contributed by atoms with van der Waals surface area (Å²) in [5.41, 5.74) is 0.